The van der Waals surface area contributed by atoms with Crippen molar-refractivity contribution in [3.8, 4) is 17.7 Å². The molecular formula is C28H39F2N9O6S2. The molecule has 0 radical (unpaired) electrons. The number of fused-ring (bicyclic) bond motifs is 1. The van der Waals surface area contributed by atoms with Gasteiger partial charge in [-0.05, 0) is 25.0 Å². The maximum Gasteiger partial charge on any atom is 0.323 e. The molecule has 1 atom stereocenters. The fourth-order valence-electron chi connectivity index (χ4n) is 5.97. The van der Waals surface area contributed by atoms with Crippen LogP contribution in [-0.2, 0) is 26.1 Å². The van der Waals surface area contributed by atoms with E-state index in [1.807, 2.05) is 9.21 Å². The van der Waals surface area contributed by atoms with Gasteiger partial charge in [0.25, 0.3) is 6.43 Å². The van der Waals surface area contributed by atoms with Gasteiger partial charge in [0.1, 0.15) is 23.6 Å². The van der Waals surface area contributed by atoms with Crippen molar-refractivity contribution in [2.45, 2.75) is 25.4 Å². The fraction of sp³-hybridized carbons (Fsp3) is 0.643. The molecule has 0 bridgehead atoms. The van der Waals surface area contributed by atoms with E-state index in [1.54, 1.807) is 24.5 Å². The third-order valence-corrected chi connectivity index (χ3v) is 11.5. The van der Waals surface area contributed by atoms with E-state index in [0.29, 0.717) is 83.1 Å². The Balaban J connectivity index is 1.18. The zero-order chi connectivity index (χ0) is 33.1. The number of sulfonamides is 1. The molecule has 6 rings (SSSR count). The lowest BCUT2D eigenvalue weighted by Gasteiger charge is -2.34. The van der Waals surface area contributed by atoms with Gasteiger partial charge in [-0.1, -0.05) is 6.07 Å². The van der Waals surface area contributed by atoms with Crippen molar-refractivity contribution in [2.75, 3.05) is 96.1 Å². The van der Waals surface area contributed by atoms with Crippen molar-refractivity contribution < 1.29 is 36.0 Å². The average molecular weight is 700 g/mol. The number of para-hydroxylation sites is 1. The van der Waals surface area contributed by atoms with Crippen molar-refractivity contribution >= 4 is 38.4 Å². The van der Waals surface area contributed by atoms with E-state index >= 15 is 0 Å². The fourth-order valence-corrected chi connectivity index (χ4v) is 8.16. The smallest absolute Gasteiger partial charge is 0.323 e. The number of anilines is 1. The number of piperidine rings is 1. The Kier molecular flexibility index (Phi) is 10.6. The number of halogens is 2. The first kappa shape index (κ1) is 33.9. The van der Waals surface area contributed by atoms with Gasteiger partial charge in [0.05, 0.1) is 44.7 Å². The number of aromatic nitrogens is 5. The highest BCUT2D eigenvalue weighted by Gasteiger charge is 2.32. The predicted octanol–water partition coefficient (Wildman–Crippen LogP) is 1.08. The summed E-state index contributed by atoms with van der Waals surface area (Å²) in [6.07, 6.45) is -0.869. The van der Waals surface area contributed by atoms with Gasteiger partial charge in [0.15, 0.2) is 5.82 Å². The number of hydrogen-bond acceptors (Lipinski definition) is 13. The largest absolute Gasteiger partial charge is 0.598 e. The first-order valence-corrected chi connectivity index (χ1v) is 18.6. The topological polar surface area (TPSA) is 154 Å². The number of hydrogen-bond donors (Lipinski definition) is 0. The molecule has 0 spiro atoms. The first-order chi connectivity index (χ1) is 22.6. The van der Waals surface area contributed by atoms with Crippen molar-refractivity contribution in [3.05, 3.63) is 24.0 Å². The number of alkyl halides is 2. The number of methoxy groups -OCH3 is 1. The molecule has 47 heavy (non-hydrogen) atoms. The molecule has 0 saturated carbocycles. The van der Waals surface area contributed by atoms with E-state index in [9.17, 15) is 21.8 Å². The van der Waals surface area contributed by atoms with E-state index in [1.165, 1.54) is 16.0 Å². The van der Waals surface area contributed by atoms with E-state index in [-0.39, 0.29) is 42.3 Å². The summed E-state index contributed by atoms with van der Waals surface area (Å²) in [7, 11) is -2.05. The van der Waals surface area contributed by atoms with Crippen LogP contribution >= 0.6 is 0 Å². The molecule has 15 nitrogen and oxygen atoms in total. The highest BCUT2D eigenvalue weighted by molar-refractivity contribution is 7.89. The number of nitrogens with zero attached hydrogens (tertiary/aromatic N) is 9. The highest BCUT2D eigenvalue weighted by Crippen LogP contribution is 2.32. The van der Waals surface area contributed by atoms with Gasteiger partial charge in [-0.2, -0.15) is 15.0 Å². The Labute approximate surface area is 275 Å². The van der Waals surface area contributed by atoms with E-state index in [2.05, 4.69) is 24.8 Å². The SMILES string of the molecule is COc1cccc2c1nc(C(F)F)n2-c1nc(OC2CCN(S(=O)(=O)CCN3CCN([S+](C)[O-])CC3)CC2)nc(N2CCOCC2)n1. The van der Waals surface area contributed by atoms with Gasteiger partial charge in [0.2, 0.25) is 21.9 Å². The Hall–Kier alpha value is -2.94. The molecule has 0 N–H and O–H groups in total. The van der Waals surface area contributed by atoms with Crippen LogP contribution in [-0.4, -0.2) is 148 Å². The number of rotatable bonds is 11. The number of piperazine rings is 1. The summed E-state index contributed by atoms with van der Waals surface area (Å²) < 4.78 is 88.3. The molecule has 3 fully saturated rings. The molecule has 5 heterocycles. The molecule has 1 aromatic carbocycles. The summed E-state index contributed by atoms with van der Waals surface area (Å²) >= 11 is -1.02. The maximum absolute atomic E-state index is 14.3. The van der Waals surface area contributed by atoms with E-state index in [0.717, 1.165) is 0 Å². The molecule has 3 aliphatic rings. The van der Waals surface area contributed by atoms with Crippen LogP contribution in [0, 0.1) is 0 Å². The standard InChI is InChI=1S/C28H39F2N9O6S2/c1-43-22-5-3-4-21-23(22)31-25(24(29)30)39(21)27-32-26(36-14-17-44-18-15-36)33-28(34-27)45-20-6-8-38(9-7-20)47(41,42)19-16-35-10-12-37(13-11-35)46(2)40/h3-5,20,24H,6-19H2,1-2H3. The molecule has 0 aliphatic carbocycles. The summed E-state index contributed by atoms with van der Waals surface area (Å²) in [6, 6.07) is 4.90. The van der Waals surface area contributed by atoms with Crippen LogP contribution in [0.15, 0.2) is 18.2 Å². The number of morpholine rings is 1. The Morgan fingerprint density at radius 3 is 2.36 bits per heavy atom. The van der Waals surface area contributed by atoms with Gasteiger partial charge in [0, 0.05) is 57.2 Å². The molecule has 2 aromatic heterocycles. The number of imidazole rings is 1. The molecule has 3 saturated heterocycles. The van der Waals surface area contributed by atoms with Crippen molar-refractivity contribution in [3.63, 3.8) is 0 Å². The van der Waals surface area contributed by atoms with Gasteiger partial charge >= 0.3 is 6.01 Å². The highest BCUT2D eigenvalue weighted by atomic mass is 32.2. The second-order valence-corrected chi connectivity index (χ2v) is 14.9. The molecular weight excluding hydrogens is 660 g/mol. The Morgan fingerprint density at radius 1 is 1.00 bits per heavy atom. The molecule has 258 valence electrons. The normalized spacial score (nSPS) is 20.3. The van der Waals surface area contributed by atoms with E-state index in [4.69, 9.17) is 14.2 Å². The Bertz CT molecular complexity index is 1630. The Morgan fingerprint density at radius 2 is 1.70 bits per heavy atom. The summed E-state index contributed by atoms with van der Waals surface area (Å²) in [4.78, 5) is 21.7. The number of ether oxygens (including phenoxy) is 3. The second-order valence-electron chi connectivity index (χ2n) is 11.5. The lowest BCUT2D eigenvalue weighted by Crippen LogP contribution is -2.50. The zero-order valence-electron chi connectivity index (χ0n) is 26.3. The minimum atomic E-state index is -3.49. The van der Waals surface area contributed by atoms with Crippen LogP contribution in [0.1, 0.15) is 25.1 Å². The van der Waals surface area contributed by atoms with Gasteiger partial charge in [-0.25, -0.2) is 26.5 Å². The molecule has 3 aliphatic heterocycles. The molecule has 19 heteroatoms. The summed E-state index contributed by atoms with van der Waals surface area (Å²) in [6.45, 7) is 5.48. The average Bonchev–Trinajstić information content (AvgIpc) is 3.49. The molecule has 0 amide bonds. The first-order valence-electron chi connectivity index (χ1n) is 15.5. The van der Waals surface area contributed by atoms with Crippen LogP contribution in [0.2, 0.25) is 0 Å². The molecule has 3 aromatic rings. The van der Waals surface area contributed by atoms with Gasteiger partial charge < -0.3 is 23.7 Å². The van der Waals surface area contributed by atoms with Crippen LogP contribution in [0.25, 0.3) is 17.0 Å². The van der Waals surface area contributed by atoms with E-state index < -0.39 is 39.7 Å². The van der Waals surface area contributed by atoms with Crippen molar-refractivity contribution in [1.29, 1.82) is 0 Å². The van der Waals surface area contributed by atoms with Crippen LogP contribution in [0.5, 0.6) is 11.8 Å². The van der Waals surface area contributed by atoms with Crippen LogP contribution in [0.4, 0.5) is 14.7 Å². The summed E-state index contributed by atoms with van der Waals surface area (Å²) in [5.41, 5.74) is 0.583. The lowest BCUT2D eigenvalue weighted by molar-refractivity contribution is 0.118. The molecule has 1 unspecified atom stereocenters. The van der Waals surface area contributed by atoms with Crippen LogP contribution in [0.3, 0.4) is 0 Å². The van der Waals surface area contributed by atoms with Gasteiger partial charge in [-0.15, -0.1) is 4.31 Å². The third-order valence-electron chi connectivity index (χ3n) is 8.60. The third kappa shape index (κ3) is 7.71. The van der Waals surface area contributed by atoms with Crippen molar-refractivity contribution in [2.24, 2.45) is 0 Å². The van der Waals surface area contributed by atoms with Crippen LogP contribution < -0.4 is 14.4 Å². The maximum atomic E-state index is 14.3. The quantitative estimate of drug-likeness (QED) is 0.263. The lowest BCUT2D eigenvalue weighted by atomic mass is 10.1. The monoisotopic (exact) mass is 699 g/mol. The minimum Gasteiger partial charge on any atom is -0.598 e. The predicted molar refractivity (Wildman–Crippen MR) is 170 cm³/mol. The summed E-state index contributed by atoms with van der Waals surface area (Å²) in [5.74, 6) is -0.0300. The van der Waals surface area contributed by atoms with Gasteiger partial charge in [-0.3, -0.25) is 9.47 Å². The van der Waals surface area contributed by atoms with Crippen molar-refractivity contribution in [1.82, 2.24) is 38.0 Å². The zero-order valence-corrected chi connectivity index (χ0v) is 28.0. The number of benzene rings is 1. The minimum absolute atomic E-state index is 0.00356. The summed E-state index contributed by atoms with van der Waals surface area (Å²) in [5, 5.41) is 0. The second kappa shape index (κ2) is 14.7.